The summed E-state index contributed by atoms with van der Waals surface area (Å²) in [4.78, 5) is 27.2. The molecule has 1 aliphatic rings. The van der Waals surface area contributed by atoms with Gasteiger partial charge in [0.25, 0.3) is 0 Å². The molecule has 0 bridgehead atoms. The molecule has 5 heteroatoms. The average molecular weight is 270 g/mol. The molecule has 1 saturated heterocycles. The maximum atomic E-state index is 12.2. The fourth-order valence-corrected chi connectivity index (χ4v) is 2.53. The van der Waals surface area contributed by atoms with E-state index in [0.29, 0.717) is 6.42 Å². The molecule has 0 aromatic heterocycles. The highest BCUT2D eigenvalue weighted by molar-refractivity contribution is 5.78. The van der Waals surface area contributed by atoms with E-state index in [1.54, 1.807) is 0 Å². The van der Waals surface area contributed by atoms with Crippen LogP contribution in [-0.2, 0) is 9.59 Å². The van der Waals surface area contributed by atoms with Crippen LogP contribution in [0.15, 0.2) is 0 Å². The monoisotopic (exact) mass is 270 g/mol. The summed E-state index contributed by atoms with van der Waals surface area (Å²) in [5.74, 6) is -0.757. The van der Waals surface area contributed by atoms with Crippen molar-refractivity contribution in [1.29, 1.82) is 0 Å². The van der Waals surface area contributed by atoms with Gasteiger partial charge in [0, 0.05) is 32.6 Å². The number of rotatable bonds is 6. The molecule has 0 aromatic carbocycles. The Labute approximate surface area is 115 Å². The Balaban J connectivity index is 2.41. The lowest BCUT2D eigenvalue weighted by atomic mass is 9.85. The molecule has 1 N–H and O–H groups in total. The van der Waals surface area contributed by atoms with E-state index < -0.39 is 11.4 Å². The molecule has 1 rings (SSSR count). The fourth-order valence-electron chi connectivity index (χ4n) is 2.53. The molecule has 0 atom stereocenters. The molecule has 0 spiro atoms. The van der Waals surface area contributed by atoms with Gasteiger partial charge in [0.15, 0.2) is 0 Å². The normalized spacial score (nSPS) is 17.5. The third-order valence-electron chi connectivity index (χ3n) is 3.52. The van der Waals surface area contributed by atoms with E-state index in [4.69, 9.17) is 5.11 Å². The lowest BCUT2D eigenvalue weighted by molar-refractivity contribution is -0.141. The second-order valence-corrected chi connectivity index (χ2v) is 6.13. The second-order valence-electron chi connectivity index (χ2n) is 6.13. The summed E-state index contributed by atoms with van der Waals surface area (Å²) in [6, 6.07) is 0. The number of nitrogens with zero attached hydrogens (tertiary/aromatic N) is 2. The van der Waals surface area contributed by atoms with Crippen molar-refractivity contribution < 1.29 is 14.7 Å². The van der Waals surface area contributed by atoms with Gasteiger partial charge in [-0.3, -0.25) is 14.5 Å². The van der Waals surface area contributed by atoms with Crippen molar-refractivity contribution in [2.45, 2.75) is 40.0 Å². The molecule has 110 valence electrons. The molecular formula is C14H26N2O3. The van der Waals surface area contributed by atoms with Gasteiger partial charge < -0.3 is 10.0 Å². The fraction of sp³-hybridized carbons (Fsp3) is 0.857. The molecule has 5 nitrogen and oxygen atoms in total. The standard InChI is InChI=1S/C14H26N2O3/c1-4-5-15-6-8-16(9-7-15)12(17)10-14(2,3)11-13(18)19/h4-11H2,1-3H3,(H,18,19). The molecule has 19 heavy (non-hydrogen) atoms. The van der Waals surface area contributed by atoms with Crippen LogP contribution in [0, 0.1) is 5.41 Å². The van der Waals surface area contributed by atoms with Gasteiger partial charge in [0.2, 0.25) is 5.91 Å². The summed E-state index contributed by atoms with van der Waals surface area (Å²) in [5, 5.41) is 8.83. The molecule has 1 heterocycles. The van der Waals surface area contributed by atoms with E-state index in [9.17, 15) is 9.59 Å². The summed E-state index contributed by atoms with van der Waals surface area (Å²) >= 11 is 0. The smallest absolute Gasteiger partial charge is 0.303 e. The third-order valence-corrected chi connectivity index (χ3v) is 3.52. The molecule has 1 aliphatic heterocycles. The van der Waals surface area contributed by atoms with Crippen molar-refractivity contribution >= 4 is 11.9 Å². The first-order chi connectivity index (χ1) is 8.84. The van der Waals surface area contributed by atoms with Crippen LogP contribution in [0.5, 0.6) is 0 Å². The van der Waals surface area contributed by atoms with Gasteiger partial charge in [-0.1, -0.05) is 20.8 Å². The van der Waals surface area contributed by atoms with E-state index >= 15 is 0 Å². The maximum absolute atomic E-state index is 12.2. The van der Waals surface area contributed by atoms with E-state index in [1.165, 1.54) is 0 Å². The zero-order chi connectivity index (χ0) is 14.5. The summed E-state index contributed by atoms with van der Waals surface area (Å²) in [6.45, 7) is 10.3. The first-order valence-corrected chi connectivity index (χ1v) is 7.06. The largest absolute Gasteiger partial charge is 0.481 e. The summed E-state index contributed by atoms with van der Waals surface area (Å²) in [6.07, 6.45) is 1.49. The predicted molar refractivity (Wildman–Crippen MR) is 74.0 cm³/mol. The van der Waals surface area contributed by atoms with Gasteiger partial charge in [-0.05, 0) is 18.4 Å². The minimum absolute atomic E-state index is 0.0362. The van der Waals surface area contributed by atoms with Gasteiger partial charge in [-0.15, -0.1) is 0 Å². The van der Waals surface area contributed by atoms with Crippen LogP contribution in [-0.4, -0.2) is 59.5 Å². The molecule has 0 saturated carbocycles. The molecule has 0 aliphatic carbocycles. The Kier molecular flexibility index (Phi) is 5.79. The second kappa shape index (κ2) is 6.89. The van der Waals surface area contributed by atoms with Gasteiger partial charge in [0.1, 0.15) is 0 Å². The number of carbonyl (C=O) groups excluding carboxylic acids is 1. The minimum atomic E-state index is -0.842. The van der Waals surface area contributed by atoms with Crippen LogP contribution >= 0.6 is 0 Å². The van der Waals surface area contributed by atoms with E-state index in [2.05, 4.69) is 11.8 Å². The van der Waals surface area contributed by atoms with Crippen LogP contribution in [0.3, 0.4) is 0 Å². The number of hydrogen-bond acceptors (Lipinski definition) is 3. The number of amides is 1. The van der Waals surface area contributed by atoms with Crippen molar-refractivity contribution in [2.75, 3.05) is 32.7 Å². The zero-order valence-corrected chi connectivity index (χ0v) is 12.3. The molecule has 0 radical (unpaired) electrons. The zero-order valence-electron chi connectivity index (χ0n) is 12.3. The van der Waals surface area contributed by atoms with Crippen LogP contribution in [0.4, 0.5) is 0 Å². The SMILES string of the molecule is CCCN1CCN(C(=O)CC(C)(C)CC(=O)O)CC1. The Morgan fingerprint density at radius 1 is 1.11 bits per heavy atom. The van der Waals surface area contributed by atoms with Gasteiger partial charge in [-0.2, -0.15) is 0 Å². The van der Waals surface area contributed by atoms with Crippen molar-refractivity contribution in [3.63, 3.8) is 0 Å². The van der Waals surface area contributed by atoms with Crippen LogP contribution in [0.2, 0.25) is 0 Å². The Hall–Kier alpha value is -1.10. The van der Waals surface area contributed by atoms with Crippen LogP contribution in [0.25, 0.3) is 0 Å². The predicted octanol–water partition coefficient (Wildman–Crippen LogP) is 1.43. The van der Waals surface area contributed by atoms with Gasteiger partial charge >= 0.3 is 5.97 Å². The van der Waals surface area contributed by atoms with Crippen molar-refractivity contribution in [3.8, 4) is 0 Å². The first-order valence-electron chi connectivity index (χ1n) is 7.06. The Morgan fingerprint density at radius 2 is 1.68 bits per heavy atom. The number of carboxylic acid groups (broad SMARTS) is 1. The van der Waals surface area contributed by atoms with Crippen molar-refractivity contribution in [3.05, 3.63) is 0 Å². The number of carbonyl (C=O) groups is 2. The Bertz CT molecular complexity index is 321. The van der Waals surface area contributed by atoms with Crippen LogP contribution in [0.1, 0.15) is 40.0 Å². The highest BCUT2D eigenvalue weighted by Gasteiger charge is 2.29. The van der Waals surface area contributed by atoms with Crippen LogP contribution < -0.4 is 0 Å². The van der Waals surface area contributed by atoms with Crippen molar-refractivity contribution in [2.24, 2.45) is 5.41 Å². The molecule has 1 amide bonds. The number of piperazine rings is 1. The van der Waals surface area contributed by atoms with E-state index in [0.717, 1.165) is 39.1 Å². The number of hydrogen-bond donors (Lipinski definition) is 1. The van der Waals surface area contributed by atoms with Gasteiger partial charge in [-0.25, -0.2) is 0 Å². The maximum Gasteiger partial charge on any atom is 0.303 e. The molecular weight excluding hydrogens is 244 g/mol. The summed E-state index contributed by atoms with van der Waals surface area (Å²) in [7, 11) is 0. The van der Waals surface area contributed by atoms with Gasteiger partial charge in [0.05, 0.1) is 6.42 Å². The molecule has 0 aromatic rings. The van der Waals surface area contributed by atoms with Crippen molar-refractivity contribution in [1.82, 2.24) is 9.80 Å². The van der Waals surface area contributed by atoms with E-state index in [-0.39, 0.29) is 12.3 Å². The molecule has 1 fully saturated rings. The highest BCUT2D eigenvalue weighted by Crippen LogP contribution is 2.26. The number of carboxylic acids is 1. The number of aliphatic carboxylic acids is 1. The topological polar surface area (TPSA) is 60.9 Å². The first kappa shape index (κ1) is 16.0. The highest BCUT2D eigenvalue weighted by atomic mass is 16.4. The summed E-state index contributed by atoms with van der Waals surface area (Å²) in [5.41, 5.74) is -0.469. The van der Waals surface area contributed by atoms with E-state index in [1.807, 2.05) is 18.7 Å². The molecule has 0 unspecified atom stereocenters. The quantitative estimate of drug-likeness (QED) is 0.793. The average Bonchev–Trinajstić information content (AvgIpc) is 2.27. The minimum Gasteiger partial charge on any atom is -0.481 e. The summed E-state index contributed by atoms with van der Waals surface area (Å²) < 4.78 is 0. The Morgan fingerprint density at radius 3 is 2.16 bits per heavy atom. The third kappa shape index (κ3) is 5.59. The lowest BCUT2D eigenvalue weighted by Crippen LogP contribution is -2.49. The lowest BCUT2D eigenvalue weighted by Gasteiger charge is -2.36.